The van der Waals surface area contributed by atoms with Crippen LogP contribution < -0.4 is 10.6 Å². The Morgan fingerprint density at radius 1 is 0.976 bits per heavy atom. The number of hydrogen-bond donors (Lipinski definition) is 3. The van der Waals surface area contributed by atoms with E-state index in [1.54, 1.807) is 32.9 Å². The van der Waals surface area contributed by atoms with Gasteiger partial charge in [0.05, 0.1) is 6.04 Å². The number of aromatic hydroxyl groups is 1. The molecular formula is C33H37N3O6. The molecule has 1 aliphatic carbocycles. The lowest BCUT2D eigenvalue weighted by Gasteiger charge is -2.37. The van der Waals surface area contributed by atoms with Crippen LogP contribution >= 0.6 is 0 Å². The maximum absolute atomic E-state index is 14.0. The molecule has 1 heterocycles. The molecule has 9 heteroatoms. The van der Waals surface area contributed by atoms with Crippen LogP contribution in [0.5, 0.6) is 5.75 Å². The molecule has 220 valence electrons. The first kappa shape index (κ1) is 29.1. The van der Waals surface area contributed by atoms with Gasteiger partial charge in [0.2, 0.25) is 0 Å². The number of hydrogen-bond acceptors (Lipinski definition) is 7. The lowest BCUT2D eigenvalue weighted by molar-refractivity contribution is -0.126. The number of ether oxygens (including phenoxy) is 2. The molecule has 2 aliphatic rings. The molecular weight excluding hydrogens is 534 g/mol. The Morgan fingerprint density at radius 2 is 1.60 bits per heavy atom. The maximum atomic E-state index is 14.0. The number of amides is 2. The fraction of sp³-hybridized carbons (Fsp3) is 0.364. The van der Waals surface area contributed by atoms with Gasteiger partial charge in [-0.25, -0.2) is 9.59 Å². The molecule has 0 bridgehead atoms. The number of nitrogens with zero attached hydrogens (tertiary/aromatic N) is 1. The second kappa shape index (κ2) is 12.2. The van der Waals surface area contributed by atoms with Gasteiger partial charge in [-0.2, -0.15) is 0 Å². The van der Waals surface area contributed by atoms with Gasteiger partial charge < -0.3 is 25.2 Å². The van der Waals surface area contributed by atoms with Gasteiger partial charge in [-0.3, -0.25) is 9.69 Å². The minimum absolute atomic E-state index is 0.0960. The van der Waals surface area contributed by atoms with Crippen molar-refractivity contribution in [3.63, 3.8) is 0 Å². The summed E-state index contributed by atoms with van der Waals surface area (Å²) in [5, 5.41) is 15.7. The molecule has 9 nitrogen and oxygen atoms in total. The zero-order valence-corrected chi connectivity index (χ0v) is 24.1. The first-order chi connectivity index (χ1) is 20.1. The van der Waals surface area contributed by atoms with Crippen LogP contribution in [0.1, 0.15) is 43.4 Å². The number of rotatable bonds is 7. The molecule has 3 N–H and O–H groups in total. The number of nitrogens with one attached hydrogen (secondary N) is 2. The molecule has 5 rings (SSSR count). The van der Waals surface area contributed by atoms with E-state index in [0.29, 0.717) is 13.1 Å². The van der Waals surface area contributed by atoms with E-state index >= 15 is 0 Å². The van der Waals surface area contributed by atoms with Crippen LogP contribution in [-0.4, -0.2) is 71.9 Å². The van der Waals surface area contributed by atoms with Crippen molar-refractivity contribution >= 4 is 18.0 Å². The summed E-state index contributed by atoms with van der Waals surface area (Å²) in [6, 6.07) is 20.8. The van der Waals surface area contributed by atoms with Crippen molar-refractivity contribution < 1.29 is 29.0 Å². The van der Waals surface area contributed by atoms with Crippen LogP contribution in [0.3, 0.4) is 0 Å². The minimum Gasteiger partial charge on any atom is -0.508 e. The number of ketones is 1. The number of carbonyl (C=O) groups is 3. The highest BCUT2D eigenvalue weighted by molar-refractivity contribution is 5.94. The van der Waals surface area contributed by atoms with E-state index < -0.39 is 29.9 Å². The Labute approximate surface area is 245 Å². The van der Waals surface area contributed by atoms with Gasteiger partial charge >= 0.3 is 12.2 Å². The molecule has 3 aromatic carbocycles. The number of phenolic OH excluding ortho intramolecular Hbond substituents is 1. The van der Waals surface area contributed by atoms with Crippen LogP contribution in [0.15, 0.2) is 72.8 Å². The summed E-state index contributed by atoms with van der Waals surface area (Å²) in [5.74, 6) is -0.368. The lowest BCUT2D eigenvalue weighted by Crippen LogP contribution is -2.61. The fourth-order valence-electron chi connectivity index (χ4n) is 5.60. The Kier molecular flexibility index (Phi) is 8.49. The van der Waals surface area contributed by atoms with Gasteiger partial charge in [0.25, 0.3) is 0 Å². The third-order valence-electron chi connectivity index (χ3n) is 7.56. The zero-order valence-electron chi connectivity index (χ0n) is 24.1. The minimum atomic E-state index is -0.986. The van der Waals surface area contributed by atoms with Crippen LogP contribution in [0.25, 0.3) is 11.1 Å². The number of piperazine rings is 1. The third-order valence-corrected chi connectivity index (χ3v) is 7.56. The summed E-state index contributed by atoms with van der Waals surface area (Å²) < 4.78 is 11.3. The normalized spacial score (nSPS) is 17.1. The number of alkyl carbamates (subject to hydrolysis) is 1. The van der Waals surface area contributed by atoms with Crippen molar-refractivity contribution in [2.75, 3.05) is 26.2 Å². The smallest absolute Gasteiger partial charge is 0.410 e. The predicted octanol–water partition coefficient (Wildman–Crippen LogP) is 4.62. The molecule has 1 unspecified atom stereocenters. The molecule has 0 spiro atoms. The number of benzene rings is 3. The second-order valence-electron chi connectivity index (χ2n) is 11.7. The SMILES string of the molecule is CC(C)(C)OC(=O)N1CCNCC1C(=O)[C@H](Cc1ccc(O)cc1)NC(=O)OCC1c2ccccc2-c2ccccc21. The third kappa shape index (κ3) is 6.57. The highest BCUT2D eigenvalue weighted by atomic mass is 16.6. The summed E-state index contributed by atoms with van der Waals surface area (Å²) in [7, 11) is 0. The van der Waals surface area contributed by atoms with Gasteiger partial charge in [0.1, 0.15) is 24.0 Å². The van der Waals surface area contributed by atoms with Gasteiger partial charge in [-0.1, -0.05) is 60.7 Å². The van der Waals surface area contributed by atoms with E-state index in [1.807, 2.05) is 36.4 Å². The Hall–Kier alpha value is -4.37. The summed E-state index contributed by atoms with van der Waals surface area (Å²) in [4.78, 5) is 41.6. The summed E-state index contributed by atoms with van der Waals surface area (Å²) in [6.07, 6.45) is -1.14. The van der Waals surface area contributed by atoms with Crippen LogP contribution in [0.2, 0.25) is 0 Å². The molecule has 0 saturated carbocycles. The fourth-order valence-corrected chi connectivity index (χ4v) is 5.60. The predicted molar refractivity (Wildman–Crippen MR) is 158 cm³/mol. The van der Waals surface area contributed by atoms with E-state index in [4.69, 9.17) is 9.47 Å². The molecule has 0 radical (unpaired) electrons. The Bertz CT molecular complexity index is 1400. The second-order valence-corrected chi connectivity index (χ2v) is 11.7. The number of carbonyl (C=O) groups excluding carboxylic acids is 3. The maximum Gasteiger partial charge on any atom is 0.410 e. The van der Waals surface area contributed by atoms with Crippen molar-refractivity contribution in [3.05, 3.63) is 89.5 Å². The molecule has 1 saturated heterocycles. The summed E-state index contributed by atoms with van der Waals surface area (Å²) in [6.45, 7) is 6.47. The lowest BCUT2D eigenvalue weighted by atomic mass is 9.96. The first-order valence-electron chi connectivity index (χ1n) is 14.2. The van der Waals surface area contributed by atoms with Crippen molar-refractivity contribution in [3.8, 4) is 16.9 Å². The van der Waals surface area contributed by atoms with E-state index in [1.165, 1.54) is 17.0 Å². The average Bonchev–Trinajstić information content (AvgIpc) is 3.29. The Balaban J connectivity index is 1.33. The monoisotopic (exact) mass is 571 g/mol. The van der Waals surface area contributed by atoms with E-state index in [-0.39, 0.29) is 37.0 Å². The Morgan fingerprint density at radius 3 is 2.21 bits per heavy atom. The summed E-state index contributed by atoms with van der Waals surface area (Å²) >= 11 is 0. The molecule has 1 aliphatic heterocycles. The van der Waals surface area contributed by atoms with Crippen molar-refractivity contribution in [2.24, 2.45) is 0 Å². The largest absolute Gasteiger partial charge is 0.508 e. The standard InChI is InChI=1S/C33H37N3O6/c1-33(2,3)42-32(40)36-17-16-34-19-29(36)30(38)28(18-21-12-14-22(37)15-13-21)35-31(39)41-20-27-25-10-6-4-8-23(25)24-9-5-7-11-26(24)27/h4-15,27-29,34,37H,16-20H2,1-3H3,(H,35,39)/t28-,29?/m0/s1. The molecule has 2 amide bonds. The van der Waals surface area contributed by atoms with E-state index in [9.17, 15) is 19.5 Å². The number of Topliss-reactive ketones (excluding diaryl/α,β-unsaturated/α-hetero) is 1. The topological polar surface area (TPSA) is 117 Å². The van der Waals surface area contributed by atoms with E-state index in [2.05, 4.69) is 22.8 Å². The van der Waals surface area contributed by atoms with Gasteiger partial charge in [0.15, 0.2) is 5.78 Å². The van der Waals surface area contributed by atoms with Gasteiger partial charge in [-0.15, -0.1) is 0 Å². The van der Waals surface area contributed by atoms with E-state index in [0.717, 1.165) is 27.8 Å². The van der Waals surface area contributed by atoms with Gasteiger partial charge in [-0.05, 0) is 67.1 Å². The highest BCUT2D eigenvalue weighted by Gasteiger charge is 2.39. The van der Waals surface area contributed by atoms with Crippen LogP contribution in [0.4, 0.5) is 9.59 Å². The number of fused-ring (bicyclic) bond motifs is 3. The van der Waals surface area contributed by atoms with Crippen molar-refractivity contribution in [1.82, 2.24) is 15.5 Å². The first-order valence-corrected chi connectivity index (χ1v) is 14.2. The van der Waals surface area contributed by atoms with Crippen LogP contribution in [0, 0.1) is 0 Å². The zero-order chi connectivity index (χ0) is 29.9. The molecule has 1 fully saturated rings. The molecule has 0 aromatic heterocycles. The average molecular weight is 572 g/mol. The number of phenols is 1. The van der Waals surface area contributed by atoms with Crippen LogP contribution in [-0.2, 0) is 20.7 Å². The molecule has 42 heavy (non-hydrogen) atoms. The van der Waals surface area contributed by atoms with Crippen molar-refractivity contribution in [1.29, 1.82) is 0 Å². The van der Waals surface area contributed by atoms with Gasteiger partial charge in [0, 0.05) is 25.6 Å². The molecule has 3 aromatic rings. The van der Waals surface area contributed by atoms with Crippen molar-refractivity contribution in [2.45, 2.75) is 50.8 Å². The quantitative estimate of drug-likeness (QED) is 0.379. The summed E-state index contributed by atoms with van der Waals surface area (Å²) in [5.41, 5.74) is 4.43. The molecule has 2 atom stereocenters. The highest BCUT2D eigenvalue weighted by Crippen LogP contribution is 2.44.